The molecule has 1 amide bonds. The Labute approximate surface area is 167 Å². The average Bonchev–Trinajstić information content (AvgIpc) is 2.69. The molecule has 0 aliphatic carbocycles. The van der Waals surface area contributed by atoms with Crippen molar-refractivity contribution in [3.05, 3.63) is 83.6 Å². The normalized spacial score (nSPS) is 11.1. The molecule has 0 aliphatic heterocycles. The third-order valence-corrected chi connectivity index (χ3v) is 5.95. The maximum atomic E-state index is 12.9. The van der Waals surface area contributed by atoms with Crippen molar-refractivity contribution in [1.29, 1.82) is 0 Å². The van der Waals surface area contributed by atoms with Gasteiger partial charge in [-0.25, -0.2) is 12.8 Å². The number of halogens is 2. The average molecular weight is 419 g/mol. The summed E-state index contributed by atoms with van der Waals surface area (Å²) < 4.78 is 38.8. The minimum atomic E-state index is -3.79. The number of amides is 1. The van der Waals surface area contributed by atoms with Gasteiger partial charge in [-0.15, -0.1) is 0 Å². The molecule has 0 aliphatic rings. The molecule has 0 saturated heterocycles. The molecular weight excluding hydrogens is 403 g/mol. The van der Waals surface area contributed by atoms with Crippen LogP contribution < -0.4 is 10.6 Å². The Kier molecular flexibility index (Phi) is 5.96. The zero-order chi connectivity index (χ0) is 20.1. The molecule has 0 saturated carbocycles. The van der Waals surface area contributed by atoms with Gasteiger partial charge in [0.05, 0.1) is 22.0 Å². The van der Waals surface area contributed by atoms with Crippen molar-refractivity contribution < 1.29 is 17.6 Å². The molecule has 0 aromatic heterocycles. The summed E-state index contributed by atoms with van der Waals surface area (Å²) in [6, 6.07) is 17.5. The molecule has 2 N–H and O–H groups in total. The topological polar surface area (TPSA) is 75.3 Å². The highest BCUT2D eigenvalue weighted by molar-refractivity contribution is 7.91. The zero-order valence-corrected chi connectivity index (χ0v) is 16.1. The standard InChI is InChI=1S/C20H16ClFN2O3S/c21-14-5-11-17(12-6-14)28(26,27)19-4-2-1-3-18(19)23-13-20(25)24-16-9-7-15(22)8-10-16/h1-12,23H,13H2,(H,24,25). The number of anilines is 2. The maximum absolute atomic E-state index is 12.9. The van der Waals surface area contributed by atoms with Crippen LogP contribution in [0.4, 0.5) is 15.8 Å². The molecule has 8 heteroatoms. The van der Waals surface area contributed by atoms with E-state index in [1.54, 1.807) is 18.2 Å². The first kappa shape index (κ1) is 19.9. The van der Waals surface area contributed by atoms with Crippen molar-refractivity contribution in [1.82, 2.24) is 0 Å². The summed E-state index contributed by atoms with van der Waals surface area (Å²) in [4.78, 5) is 12.3. The summed E-state index contributed by atoms with van der Waals surface area (Å²) in [5.74, 6) is -0.803. The summed E-state index contributed by atoms with van der Waals surface area (Å²) in [5.41, 5.74) is 0.738. The van der Waals surface area contributed by atoms with Gasteiger partial charge in [-0.05, 0) is 60.7 Å². The number of benzene rings is 3. The Morgan fingerprint density at radius 1 is 0.929 bits per heavy atom. The van der Waals surface area contributed by atoms with Crippen molar-refractivity contribution in [2.75, 3.05) is 17.2 Å². The number of carbonyl (C=O) groups is 1. The van der Waals surface area contributed by atoms with E-state index in [2.05, 4.69) is 10.6 Å². The van der Waals surface area contributed by atoms with Crippen LogP contribution in [0.1, 0.15) is 0 Å². The number of sulfone groups is 1. The van der Waals surface area contributed by atoms with Crippen molar-refractivity contribution in [3.63, 3.8) is 0 Å². The fourth-order valence-electron chi connectivity index (χ4n) is 2.50. The molecule has 0 radical (unpaired) electrons. The number of hydrogen-bond donors (Lipinski definition) is 2. The molecule has 3 rings (SSSR count). The van der Waals surface area contributed by atoms with Crippen LogP contribution in [0.3, 0.4) is 0 Å². The van der Waals surface area contributed by atoms with E-state index in [-0.39, 0.29) is 16.3 Å². The molecule has 0 spiro atoms. The number of carbonyl (C=O) groups excluding carboxylic acids is 1. The summed E-state index contributed by atoms with van der Waals surface area (Å²) in [6.07, 6.45) is 0. The second-order valence-electron chi connectivity index (χ2n) is 5.86. The maximum Gasteiger partial charge on any atom is 0.243 e. The van der Waals surface area contributed by atoms with Crippen LogP contribution in [-0.2, 0) is 14.6 Å². The van der Waals surface area contributed by atoms with E-state index in [9.17, 15) is 17.6 Å². The molecule has 0 fully saturated rings. The Morgan fingerprint density at radius 2 is 1.57 bits per heavy atom. The molecule has 0 atom stereocenters. The first-order valence-electron chi connectivity index (χ1n) is 8.25. The molecule has 3 aromatic rings. The third-order valence-electron chi connectivity index (χ3n) is 3.87. The van der Waals surface area contributed by atoms with Crippen molar-refractivity contribution >= 4 is 38.7 Å². The molecule has 28 heavy (non-hydrogen) atoms. The molecule has 0 heterocycles. The second kappa shape index (κ2) is 8.41. The van der Waals surface area contributed by atoms with E-state index in [1.807, 2.05) is 0 Å². The number of para-hydroxylation sites is 1. The summed E-state index contributed by atoms with van der Waals surface area (Å²) >= 11 is 5.83. The first-order chi connectivity index (χ1) is 13.4. The highest BCUT2D eigenvalue weighted by Gasteiger charge is 2.21. The lowest BCUT2D eigenvalue weighted by molar-refractivity contribution is -0.114. The third kappa shape index (κ3) is 4.68. The quantitative estimate of drug-likeness (QED) is 0.623. The molecule has 5 nitrogen and oxygen atoms in total. The van der Waals surface area contributed by atoms with Gasteiger partial charge in [-0.1, -0.05) is 23.7 Å². The number of nitrogens with one attached hydrogen (secondary N) is 2. The fourth-order valence-corrected chi connectivity index (χ4v) is 4.06. The van der Waals surface area contributed by atoms with Crippen molar-refractivity contribution in [2.45, 2.75) is 9.79 Å². The number of hydrogen-bond acceptors (Lipinski definition) is 4. The Hall–Kier alpha value is -2.90. The monoisotopic (exact) mass is 418 g/mol. The predicted molar refractivity (Wildman–Crippen MR) is 107 cm³/mol. The molecule has 144 valence electrons. The minimum absolute atomic E-state index is 0.0481. The molecule has 0 bridgehead atoms. The SMILES string of the molecule is O=C(CNc1ccccc1S(=O)(=O)c1ccc(Cl)cc1)Nc1ccc(F)cc1. The van der Waals surface area contributed by atoms with Gasteiger partial charge in [-0.3, -0.25) is 4.79 Å². The predicted octanol–water partition coefficient (Wildman–Crippen LogP) is 4.36. The van der Waals surface area contributed by atoms with Crippen LogP contribution in [0.25, 0.3) is 0 Å². The molecule has 3 aromatic carbocycles. The Morgan fingerprint density at radius 3 is 2.25 bits per heavy atom. The Bertz CT molecular complexity index is 1090. The summed E-state index contributed by atoms with van der Waals surface area (Å²) in [7, 11) is -3.79. The van der Waals surface area contributed by atoms with E-state index < -0.39 is 21.6 Å². The van der Waals surface area contributed by atoms with Gasteiger partial charge in [0.25, 0.3) is 0 Å². The summed E-state index contributed by atoms with van der Waals surface area (Å²) in [5, 5.41) is 5.88. The van der Waals surface area contributed by atoms with Gasteiger partial charge in [-0.2, -0.15) is 0 Å². The van der Waals surface area contributed by atoms with Crippen molar-refractivity contribution in [3.8, 4) is 0 Å². The van der Waals surface area contributed by atoms with Gasteiger partial charge < -0.3 is 10.6 Å². The Balaban J connectivity index is 1.76. The van der Waals surface area contributed by atoms with Crippen LogP contribution in [0.15, 0.2) is 82.6 Å². The highest BCUT2D eigenvalue weighted by atomic mass is 35.5. The molecular formula is C20H16ClFN2O3S. The largest absolute Gasteiger partial charge is 0.375 e. The van der Waals surface area contributed by atoms with E-state index in [0.717, 1.165) is 0 Å². The van der Waals surface area contributed by atoms with Gasteiger partial charge in [0.15, 0.2) is 0 Å². The lowest BCUT2D eigenvalue weighted by Crippen LogP contribution is -2.22. The summed E-state index contributed by atoms with van der Waals surface area (Å²) in [6.45, 7) is -0.162. The second-order valence-corrected chi connectivity index (χ2v) is 8.22. The zero-order valence-electron chi connectivity index (χ0n) is 14.5. The van der Waals surface area contributed by atoms with E-state index in [4.69, 9.17) is 11.6 Å². The van der Waals surface area contributed by atoms with Crippen LogP contribution in [0, 0.1) is 5.82 Å². The van der Waals surface area contributed by atoms with Gasteiger partial charge in [0.1, 0.15) is 5.82 Å². The van der Waals surface area contributed by atoms with Crippen molar-refractivity contribution in [2.24, 2.45) is 0 Å². The minimum Gasteiger partial charge on any atom is -0.375 e. The van der Waals surface area contributed by atoms with Crippen LogP contribution >= 0.6 is 11.6 Å². The van der Waals surface area contributed by atoms with Gasteiger partial charge in [0.2, 0.25) is 15.7 Å². The van der Waals surface area contributed by atoms with E-state index in [0.29, 0.717) is 16.4 Å². The van der Waals surface area contributed by atoms with Gasteiger partial charge >= 0.3 is 0 Å². The number of rotatable bonds is 6. The van der Waals surface area contributed by atoms with Crippen LogP contribution in [0.2, 0.25) is 5.02 Å². The fraction of sp³-hybridized carbons (Fsp3) is 0.0500. The van der Waals surface area contributed by atoms with E-state index in [1.165, 1.54) is 54.6 Å². The van der Waals surface area contributed by atoms with Crippen LogP contribution in [-0.4, -0.2) is 20.9 Å². The smallest absolute Gasteiger partial charge is 0.243 e. The first-order valence-corrected chi connectivity index (χ1v) is 10.1. The van der Waals surface area contributed by atoms with E-state index >= 15 is 0 Å². The highest BCUT2D eigenvalue weighted by Crippen LogP contribution is 2.28. The van der Waals surface area contributed by atoms with Gasteiger partial charge in [0, 0.05) is 10.7 Å². The van der Waals surface area contributed by atoms with Crippen LogP contribution in [0.5, 0.6) is 0 Å². The lowest BCUT2D eigenvalue weighted by Gasteiger charge is -2.13. The lowest BCUT2D eigenvalue weighted by atomic mass is 10.3. The molecule has 0 unspecified atom stereocenters.